The predicted octanol–water partition coefficient (Wildman–Crippen LogP) is 2.49. The third-order valence-corrected chi connectivity index (χ3v) is 1.88. The molecule has 0 aliphatic rings. The van der Waals surface area contributed by atoms with Crippen LogP contribution < -0.4 is 0 Å². The van der Waals surface area contributed by atoms with E-state index in [1.807, 2.05) is 19.1 Å². The zero-order valence-electron chi connectivity index (χ0n) is 10.2. The first-order valence-corrected chi connectivity index (χ1v) is 5.35. The third-order valence-electron chi connectivity index (χ3n) is 1.88. The topological polar surface area (TPSA) is 59.3 Å². The van der Waals surface area contributed by atoms with E-state index in [2.05, 4.69) is 6.58 Å². The Morgan fingerprint density at radius 3 is 2.76 bits per heavy atom. The molecular formula is C13H17NO3. The maximum absolute atomic E-state index is 11.5. The summed E-state index contributed by atoms with van der Waals surface area (Å²) in [6.07, 6.45) is 7.94. The highest BCUT2D eigenvalue weighted by atomic mass is 16.6. The maximum Gasteiger partial charge on any atom is 0.348 e. The first kappa shape index (κ1) is 15.0. The normalized spacial score (nSPS) is 12.9. The van der Waals surface area contributed by atoms with Crippen LogP contribution >= 0.6 is 0 Å². The van der Waals surface area contributed by atoms with Crippen LogP contribution in [0.5, 0.6) is 0 Å². The van der Waals surface area contributed by atoms with Gasteiger partial charge in [-0.1, -0.05) is 30.9 Å². The van der Waals surface area contributed by atoms with Crippen molar-refractivity contribution in [2.75, 3.05) is 6.61 Å². The number of carbonyl (C=O) groups is 1. The van der Waals surface area contributed by atoms with Gasteiger partial charge in [-0.25, -0.2) is 4.79 Å². The molecule has 17 heavy (non-hydrogen) atoms. The lowest BCUT2D eigenvalue weighted by molar-refractivity contribution is -0.152. The number of rotatable bonds is 7. The summed E-state index contributed by atoms with van der Waals surface area (Å²) in [5, 5.41) is 8.49. The largest absolute Gasteiger partial charge is 0.463 e. The maximum atomic E-state index is 11.5. The van der Waals surface area contributed by atoms with Crippen molar-refractivity contribution in [1.29, 1.82) is 5.26 Å². The molecule has 0 radical (unpaired) electrons. The Labute approximate surface area is 102 Å². The minimum absolute atomic E-state index is 0.258. The molecule has 0 spiro atoms. The fourth-order valence-electron chi connectivity index (χ4n) is 1.24. The summed E-state index contributed by atoms with van der Waals surface area (Å²) in [5.41, 5.74) is 0.843. The van der Waals surface area contributed by atoms with Gasteiger partial charge < -0.3 is 9.47 Å². The van der Waals surface area contributed by atoms with Gasteiger partial charge in [0.15, 0.2) is 0 Å². The van der Waals surface area contributed by atoms with Crippen molar-refractivity contribution in [2.45, 2.75) is 26.4 Å². The molecule has 4 heteroatoms. The average molecular weight is 235 g/mol. The number of nitriles is 1. The molecule has 0 aromatic rings. The first-order chi connectivity index (χ1) is 8.19. The molecule has 4 nitrogen and oxygen atoms in total. The van der Waals surface area contributed by atoms with Gasteiger partial charge in [0.25, 0.3) is 6.26 Å². The molecule has 0 amide bonds. The van der Waals surface area contributed by atoms with E-state index in [0.717, 1.165) is 5.57 Å². The molecule has 92 valence electrons. The summed E-state index contributed by atoms with van der Waals surface area (Å²) in [4.78, 5) is 11.5. The number of hydrogen-bond acceptors (Lipinski definition) is 4. The molecule has 0 fully saturated rings. The van der Waals surface area contributed by atoms with E-state index in [9.17, 15) is 4.79 Å². The van der Waals surface area contributed by atoms with Crippen LogP contribution in [0.15, 0.2) is 36.5 Å². The Bertz CT molecular complexity index is 350. The smallest absolute Gasteiger partial charge is 0.348 e. The Balaban J connectivity index is 4.72. The van der Waals surface area contributed by atoms with E-state index in [1.165, 1.54) is 6.26 Å². The van der Waals surface area contributed by atoms with Crippen LogP contribution in [0.3, 0.4) is 0 Å². The molecular weight excluding hydrogens is 218 g/mol. The quantitative estimate of drug-likeness (QED) is 0.386. The Morgan fingerprint density at radius 2 is 2.29 bits per heavy atom. The molecule has 0 saturated heterocycles. The molecule has 0 heterocycles. The highest BCUT2D eigenvalue weighted by molar-refractivity contribution is 5.75. The highest BCUT2D eigenvalue weighted by Gasteiger charge is 2.22. The van der Waals surface area contributed by atoms with E-state index < -0.39 is 12.1 Å². The minimum Gasteiger partial charge on any atom is -0.463 e. The second-order valence-corrected chi connectivity index (χ2v) is 3.13. The summed E-state index contributed by atoms with van der Waals surface area (Å²) in [6, 6.07) is 0. The molecule has 0 N–H and O–H groups in total. The zero-order chi connectivity index (χ0) is 13.1. The van der Waals surface area contributed by atoms with Crippen molar-refractivity contribution >= 4 is 5.97 Å². The summed E-state index contributed by atoms with van der Waals surface area (Å²) < 4.78 is 9.52. The lowest BCUT2D eigenvalue weighted by atomic mass is 10.1. The van der Waals surface area contributed by atoms with Crippen LogP contribution in [0, 0.1) is 11.5 Å². The predicted molar refractivity (Wildman–Crippen MR) is 64.8 cm³/mol. The van der Waals surface area contributed by atoms with Crippen LogP contribution in [-0.2, 0) is 14.3 Å². The molecule has 1 atom stereocenters. The van der Waals surface area contributed by atoms with Crippen molar-refractivity contribution in [3.8, 4) is 6.26 Å². The number of carbonyl (C=O) groups excluding carboxylic acids is 1. The van der Waals surface area contributed by atoms with Crippen LogP contribution in [0.1, 0.15) is 20.3 Å². The molecule has 0 aromatic carbocycles. The van der Waals surface area contributed by atoms with Gasteiger partial charge >= 0.3 is 5.97 Å². The van der Waals surface area contributed by atoms with E-state index >= 15 is 0 Å². The fourth-order valence-corrected chi connectivity index (χ4v) is 1.24. The molecule has 0 bridgehead atoms. The number of hydrogen-bond donors (Lipinski definition) is 0. The molecule has 0 saturated carbocycles. The van der Waals surface area contributed by atoms with Gasteiger partial charge in [0.1, 0.15) is 0 Å². The molecule has 0 aliphatic carbocycles. The second-order valence-electron chi connectivity index (χ2n) is 3.13. The summed E-state index contributed by atoms with van der Waals surface area (Å²) in [5.74, 6) is -0.534. The third kappa shape index (κ3) is 6.21. The lowest BCUT2D eigenvalue weighted by Crippen LogP contribution is -2.25. The Hall–Kier alpha value is -2.02. The van der Waals surface area contributed by atoms with Crippen molar-refractivity contribution in [2.24, 2.45) is 0 Å². The van der Waals surface area contributed by atoms with Gasteiger partial charge in [-0.05, 0) is 19.4 Å². The lowest BCUT2D eigenvalue weighted by Gasteiger charge is -2.12. The highest BCUT2D eigenvalue weighted by Crippen LogP contribution is 2.12. The van der Waals surface area contributed by atoms with Gasteiger partial charge in [0.05, 0.1) is 6.61 Å². The number of nitrogens with zero attached hydrogens (tertiary/aromatic N) is 1. The summed E-state index contributed by atoms with van der Waals surface area (Å²) in [7, 11) is 0. The van der Waals surface area contributed by atoms with Gasteiger partial charge in [-0.3, -0.25) is 0 Å². The van der Waals surface area contributed by atoms with Gasteiger partial charge in [-0.2, -0.15) is 5.26 Å². The van der Waals surface area contributed by atoms with Crippen molar-refractivity contribution in [3.63, 3.8) is 0 Å². The summed E-state index contributed by atoms with van der Waals surface area (Å²) in [6.45, 7) is 7.41. The van der Waals surface area contributed by atoms with Crippen LogP contribution in [-0.4, -0.2) is 18.7 Å². The number of ether oxygens (including phenoxy) is 2. The molecule has 0 aliphatic heterocycles. The van der Waals surface area contributed by atoms with Crippen LogP contribution in [0.2, 0.25) is 0 Å². The van der Waals surface area contributed by atoms with Crippen LogP contribution in [0.4, 0.5) is 0 Å². The second kappa shape index (κ2) is 9.22. The van der Waals surface area contributed by atoms with Crippen molar-refractivity contribution < 1.29 is 14.3 Å². The van der Waals surface area contributed by atoms with E-state index in [0.29, 0.717) is 0 Å². The van der Waals surface area contributed by atoms with Crippen molar-refractivity contribution in [3.05, 3.63) is 36.5 Å². The van der Waals surface area contributed by atoms with E-state index in [1.54, 1.807) is 19.1 Å². The van der Waals surface area contributed by atoms with Gasteiger partial charge in [-0.15, -0.1) is 0 Å². The van der Waals surface area contributed by atoms with Crippen molar-refractivity contribution in [1.82, 2.24) is 0 Å². The van der Waals surface area contributed by atoms with Crippen LogP contribution in [0.25, 0.3) is 0 Å². The summed E-state index contributed by atoms with van der Waals surface area (Å²) >= 11 is 0. The van der Waals surface area contributed by atoms with Gasteiger partial charge in [0.2, 0.25) is 6.10 Å². The minimum atomic E-state index is -0.901. The molecule has 0 rings (SSSR count). The average Bonchev–Trinajstić information content (AvgIpc) is 2.29. The molecule has 0 aromatic heterocycles. The van der Waals surface area contributed by atoms with Gasteiger partial charge in [0, 0.05) is 6.42 Å². The monoisotopic (exact) mass is 235 g/mol. The standard InChI is InChI=1S/C13H17NO3/c1-4-7-11(8-5-2)9-12(17-10-14)13(15)16-6-3/h4-5,7-8,12H,1,6,9H2,2-3H3/b8-5-,11-7+. The zero-order valence-corrected chi connectivity index (χ0v) is 10.2. The Kier molecular flexibility index (Phi) is 8.13. The Morgan fingerprint density at radius 1 is 1.59 bits per heavy atom. The number of allylic oxidation sites excluding steroid dienone is 4. The van der Waals surface area contributed by atoms with E-state index in [-0.39, 0.29) is 13.0 Å². The molecule has 1 unspecified atom stereocenters. The van der Waals surface area contributed by atoms with E-state index in [4.69, 9.17) is 14.7 Å². The fraction of sp³-hybridized carbons (Fsp3) is 0.385. The first-order valence-electron chi connectivity index (χ1n) is 5.35. The SMILES string of the molecule is C=C/C=C(\C=C/C)CC(OC#N)C(=O)OCC. The number of esters is 1.